The fourth-order valence-corrected chi connectivity index (χ4v) is 3.24. The van der Waals surface area contributed by atoms with Crippen molar-refractivity contribution in [3.05, 3.63) is 36.2 Å². The summed E-state index contributed by atoms with van der Waals surface area (Å²) in [7, 11) is 0. The quantitative estimate of drug-likeness (QED) is 0.719. The van der Waals surface area contributed by atoms with Crippen LogP contribution in [0.1, 0.15) is 20.3 Å². The summed E-state index contributed by atoms with van der Waals surface area (Å²) in [5.41, 5.74) is 0.0895. The van der Waals surface area contributed by atoms with E-state index in [2.05, 4.69) is 6.58 Å². The van der Waals surface area contributed by atoms with Crippen LogP contribution in [0.4, 0.5) is 13.2 Å². The number of aliphatic hydroxyl groups is 1. The van der Waals surface area contributed by atoms with Crippen LogP contribution < -0.4 is 0 Å². The number of hydroxylamine groups is 2. The topological polar surface area (TPSA) is 35.9 Å². The molecule has 2 aliphatic heterocycles. The van der Waals surface area contributed by atoms with Crippen LogP contribution in [0.2, 0.25) is 0 Å². The van der Waals surface area contributed by atoms with Crippen LogP contribution in [0.25, 0.3) is 0 Å². The van der Waals surface area contributed by atoms with Crippen molar-refractivity contribution in [3.8, 4) is 0 Å². The van der Waals surface area contributed by atoms with Gasteiger partial charge in [-0.1, -0.05) is 25.7 Å². The third-order valence-electron chi connectivity index (χ3n) is 4.53. The number of aliphatic hydroxyl groups excluding tert-OH is 1. The van der Waals surface area contributed by atoms with Crippen molar-refractivity contribution < 1.29 is 23.1 Å². The maximum atomic E-state index is 13.2. The molecule has 2 aliphatic rings. The van der Waals surface area contributed by atoms with Gasteiger partial charge in [0.1, 0.15) is 12.1 Å². The first kappa shape index (κ1) is 19.2. The van der Waals surface area contributed by atoms with E-state index in [-0.39, 0.29) is 18.4 Å². The number of nitrogens with zero attached hydrogens (tertiary/aromatic N) is 2. The lowest BCUT2D eigenvalue weighted by Gasteiger charge is -2.52. The molecular formula is C17H25F3N2O2. The van der Waals surface area contributed by atoms with E-state index in [1.54, 1.807) is 17.9 Å². The summed E-state index contributed by atoms with van der Waals surface area (Å²) in [6.07, 6.45) is 1.55. The highest BCUT2D eigenvalue weighted by molar-refractivity contribution is 5.27. The van der Waals surface area contributed by atoms with Crippen LogP contribution in [0.15, 0.2) is 36.2 Å². The number of hydrogen-bond acceptors (Lipinski definition) is 4. The molecule has 0 radical (unpaired) electrons. The van der Waals surface area contributed by atoms with Crippen LogP contribution in [0.3, 0.4) is 0 Å². The molecule has 2 fully saturated rings. The zero-order valence-corrected chi connectivity index (χ0v) is 14.1. The van der Waals surface area contributed by atoms with Crippen LogP contribution in [0, 0.1) is 5.41 Å². The first-order chi connectivity index (χ1) is 11.3. The predicted octanol–water partition coefficient (Wildman–Crippen LogP) is 2.88. The van der Waals surface area contributed by atoms with E-state index in [1.165, 1.54) is 17.2 Å². The summed E-state index contributed by atoms with van der Waals surface area (Å²) in [6.45, 7) is 8.27. The number of halogens is 3. The highest BCUT2D eigenvalue weighted by Gasteiger charge is 2.50. The molecule has 1 N–H and O–H groups in total. The molecular weight excluding hydrogens is 321 g/mol. The molecule has 0 saturated carbocycles. The van der Waals surface area contributed by atoms with Crippen molar-refractivity contribution in [1.82, 2.24) is 9.96 Å². The number of alkyl halides is 2. The summed E-state index contributed by atoms with van der Waals surface area (Å²) in [6, 6.07) is -0.262. The Labute approximate surface area is 140 Å². The van der Waals surface area contributed by atoms with E-state index in [1.807, 2.05) is 6.92 Å². The summed E-state index contributed by atoms with van der Waals surface area (Å²) < 4.78 is 38.0. The molecule has 4 nitrogen and oxygen atoms in total. The summed E-state index contributed by atoms with van der Waals surface area (Å²) in [4.78, 5) is 7.14. The van der Waals surface area contributed by atoms with E-state index >= 15 is 0 Å². The molecule has 136 valence electrons. The Morgan fingerprint density at radius 2 is 2.08 bits per heavy atom. The van der Waals surface area contributed by atoms with Crippen LogP contribution in [-0.4, -0.2) is 60.0 Å². The van der Waals surface area contributed by atoms with Gasteiger partial charge in [0.2, 0.25) is 0 Å². The van der Waals surface area contributed by atoms with Crippen molar-refractivity contribution in [2.24, 2.45) is 5.41 Å². The Bertz CT molecular complexity index is 516. The van der Waals surface area contributed by atoms with E-state index in [9.17, 15) is 18.3 Å². The lowest BCUT2D eigenvalue weighted by atomic mass is 9.79. The molecule has 7 heteroatoms. The second-order valence-corrected chi connectivity index (χ2v) is 6.67. The van der Waals surface area contributed by atoms with Gasteiger partial charge in [-0.15, -0.1) is 0 Å². The molecule has 2 heterocycles. The molecule has 0 aromatic carbocycles. The van der Waals surface area contributed by atoms with Gasteiger partial charge in [-0.25, -0.2) is 13.2 Å². The van der Waals surface area contributed by atoms with Crippen LogP contribution in [-0.2, 0) is 4.84 Å². The Morgan fingerprint density at radius 1 is 1.42 bits per heavy atom. The first-order valence-electron chi connectivity index (χ1n) is 8.05. The minimum atomic E-state index is -2.38. The smallest absolute Gasteiger partial charge is 0.251 e. The van der Waals surface area contributed by atoms with Crippen molar-refractivity contribution in [1.29, 1.82) is 0 Å². The molecule has 0 aromatic rings. The SMILES string of the molecule is C=C(/C=C\C(F)=C/C)[C@@H]1CCON1C(O)C1(C)CN(CC(F)F)C1. The molecule has 0 amide bonds. The normalized spacial score (nSPS) is 27.0. The summed E-state index contributed by atoms with van der Waals surface area (Å²) >= 11 is 0. The van der Waals surface area contributed by atoms with Crippen LogP contribution >= 0.6 is 0 Å². The zero-order chi connectivity index (χ0) is 17.9. The predicted molar refractivity (Wildman–Crippen MR) is 85.9 cm³/mol. The Balaban J connectivity index is 1.97. The second-order valence-electron chi connectivity index (χ2n) is 6.67. The Hall–Kier alpha value is -1.15. The largest absolute Gasteiger partial charge is 0.376 e. The third-order valence-corrected chi connectivity index (χ3v) is 4.53. The Kier molecular flexibility index (Phi) is 6.25. The second kappa shape index (κ2) is 7.82. The van der Waals surface area contributed by atoms with E-state index in [0.717, 1.165) is 0 Å². The molecule has 0 spiro atoms. The average molecular weight is 346 g/mol. The zero-order valence-electron chi connectivity index (χ0n) is 14.1. The first-order valence-corrected chi connectivity index (χ1v) is 8.05. The minimum Gasteiger partial charge on any atom is -0.376 e. The van der Waals surface area contributed by atoms with Crippen molar-refractivity contribution in [2.45, 2.75) is 39.0 Å². The van der Waals surface area contributed by atoms with Crippen LogP contribution in [0.5, 0.6) is 0 Å². The van der Waals surface area contributed by atoms with Gasteiger partial charge >= 0.3 is 0 Å². The van der Waals surface area contributed by atoms with E-state index in [0.29, 0.717) is 31.7 Å². The lowest BCUT2D eigenvalue weighted by Crippen LogP contribution is -2.65. The molecule has 24 heavy (non-hydrogen) atoms. The van der Waals surface area contributed by atoms with Gasteiger partial charge in [0.25, 0.3) is 6.43 Å². The highest BCUT2D eigenvalue weighted by atomic mass is 19.3. The number of hydrogen-bond donors (Lipinski definition) is 1. The summed E-state index contributed by atoms with van der Waals surface area (Å²) in [5.74, 6) is -0.365. The molecule has 0 aromatic heterocycles. The van der Waals surface area contributed by atoms with Crippen molar-refractivity contribution >= 4 is 0 Å². The fourth-order valence-electron chi connectivity index (χ4n) is 3.24. The monoisotopic (exact) mass is 346 g/mol. The molecule has 1 unspecified atom stereocenters. The standard InChI is InChI=1S/C17H25F3N2O2/c1-4-13(18)6-5-12(2)14-7-8-24-22(14)16(23)17(3)10-21(11-17)9-15(19)20/h4-6,14-16,23H,2,7-11H2,1,3H3/b6-5-,13-4+/t14-,16?/m0/s1. The van der Waals surface area contributed by atoms with Gasteiger partial charge in [-0.05, 0) is 25.0 Å². The lowest BCUT2D eigenvalue weighted by molar-refractivity contribution is -0.272. The molecule has 2 rings (SSSR count). The Morgan fingerprint density at radius 3 is 2.67 bits per heavy atom. The maximum Gasteiger partial charge on any atom is 0.251 e. The van der Waals surface area contributed by atoms with E-state index < -0.39 is 18.1 Å². The minimum absolute atomic E-state index is 0.262. The van der Waals surface area contributed by atoms with Gasteiger partial charge in [0.15, 0.2) is 0 Å². The van der Waals surface area contributed by atoms with Gasteiger partial charge < -0.3 is 5.11 Å². The van der Waals surface area contributed by atoms with Gasteiger partial charge in [0.05, 0.1) is 19.2 Å². The van der Waals surface area contributed by atoms with Gasteiger partial charge in [0, 0.05) is 18.5 Å². The van der Waals surface area contributed by atoms with Crippen molar-refractivity contribution in [2.75, 3.05) is 26.2 Å². The number of likely N-dealkylation sites (tertiary alicyclic amines) is 1. The number of rotatable bonds is 7. The molecule has 0 bridgehead atoms. The maximum absolute atomic E-state index is 13.2. The molecule has 2 saturated heterocycles. The molecule has 0 aliphatic carbocycles. The van der Waals surface area contributed by atoms with Crippen molar-refractivity contribution in [3.63, 3.8) is 0 Å². The molecule has 2 atom stereocenters. The van der Waals surface area contributed by atoms with E-state index in [4.69, 9.17) is 4.84 Å². The fraction of sp³-hybridized carbons (Fsp3) is 0.647. The third kappa shape index (κ3) is 4.27. The summed E-state index contributed by atoms with van der Waals surface area (Å²) in [5, 5.41) is 12.1. The highest BCUT2D eigenvalue weighted by Crippen LogP contribution is 2.38. The van der Waals surface area contributed by atoms with Gasteiger partial charge in [-0.3, -0.25) is 9.74 Å². The van der Waals surface area contributed by atoms with Gasteiger partial charge in [-0.2, -0.15) is 5.06 Å². The number of allylic oxidation sites excluding steroid dienone is 3. The average Bonchev–Trinajstić information content (AvgIpc) is 2.98.